The van der Waals surface area contributed by atoms with Crippen LogP contribution in [-0.2, 0) is 0 Å². The largest absolute Gasteiger partial charge is 0.492 e. The van der Waals surface area contributed by atoms with Gasteiger partial charge in [0.05, 0.1) is 0 Å². The average molecular weight is 496 g/mol. The van der Waals surface area contributed by atoms with Gasteiger partial charge >= 0.3 is 8.60 Å². The summed E-state index contributed by atoms with van der Waals surface area (Å²) in [5.74, 6) is 2.70. The fraction of sp³-hybridized carbons (Fsp3) is 0.259. The molecule has 1 aliphatic rings. The molecule has 0 bridgehead atoms. The molecule has 0 saturated heterocycles. The number of allylic oxidation sites excluding steroid dienone is 1. The number of benzene rings is 3. The van der Waals surface area contributed by atoms with E-state index in [0.29, 0.717) is 12.4 Å². The Labute approximate surface area is 206 Å². The third-order valence-corrected chi connectivity index (χ3v) is 6.02. The lowest BCUT2D eigenvalue weighted by atomic mass is 9.88. The first-order valence-electron chi connectivity index (χ1n) is 11.6. The van der Waals surface area contributed by atoms with Crippen molar-refractivity contribution in [3.8, 4) is 23.0 Å². The molecule has 184 valence electrons. The fourth-order valence-corrected chi connectivity index (χ4v) is 4.35. The van der Waals surface area contributed by atoms with Gasteiger partial charge in [-0.05, 0) is 77.2 Å². The minimum Gasteiger partial charge on any atom is -0.492 e. The number of nitrogens with one attached hydrogen (secondary N) is 1. The van der Waals surface area contributed by atoms with Gasteiger partial charge in [-0.1, -0.05) is 44.2 Å². The number of rotatable bonds is 11. The summed E-state index contributed by atoms with van der Waals surface area (Å²) in [7, 11) is -2.47. The third-order valence-electron chi connectivity index (χ3n) is 5.65. The fourth-order valence-electron chi connectivity index (χ4n) is 4.04. The van der Waals surface area contributed by atoms with Gasteiger partial charge < -0.3 is 33.8 Å². The molecule has 0 spiro atoms. The summed E-state index contributed by atoms with van der Waals surface area (Å²) < 4.78 is 22.0. The Morgan fingerprint density at radius 1 is 0.857 bits per heavy atom. The second kappa shape index (κ2) is 12.0. The van der Waals surface area contributed by atoms with Gasteiger partial charge in [0.15, 0.2) is 11.5 Å². The van der Waals surface area contributed by atoms with Crippen LogP contribution < -0.4 is 24.1 Å². The van der Waals surface area contributed by atoms with Crippen LogP contribution in [0, 0.1) is 0 Å². The Morgan fingerprint density at radius 2 is 1.49 bits per heavy atom. The van der Waals surface area contributed by atoms with Crippen molar-refractivity contribution in [3.63, 3.8) is 0 Å². The summed E-state index contributed by atoms with van der Waals surface area (Å²) in [6.07, 6.45) is 0.784. The molecule has 7 nitrogen and oxygen atoms in total. The van der Waals surface area contributed by atoms with E-state index in [0.717, 1.165) is 64.6 Å². The highest BCUT2D eigenvalue weighted by Crippen LogP contribution is 2.40. The Balaban J connectivity index is 1.73. The van der Waals surface area contributed by atoms with Gasteiger partial charge in [-0.3, -0.25) is 0 Å². The molecule has 3 aromatic carbocycles. The molecule has 0 amide bonds. The standard InChI is InChI=1S/C27H30NO6P/c1-3-24(21-9-14-25-26(17-21)33-18-32-25)27(20-7-12-23(13-8-20)34-35(29)30)19-5-10-22(11-6-19)31-16-15-28-4-2/h5-14,17,28-30H,3-4,15-16,18H2,1-2H3. The quantitative estimate of drug-likeness (QED) is 0.187. The van der Waals surface area contributed by atoms with Crippen LogP contribution >= 0.6 is 8.60 Å². The molecule has 1 heterocycles. The van der Waals surface area contributed by atoms with Gasteiger partial charge in [-0.2, -0.15) is 0 Å². The molecule has 35 heavy (non-hydrogen) atoms. The second-order valence-electron chi connectivity index (χ2n) is 7.87. The highest BCUT2D eigenvalue weighted by atomic mass is 31.2. The lowest BCUT2D eigenvalue weighted by Crippen LogP contribution is -2.20. The van der Waals surface area contributed by atoms with Gasteiger partial charge in [0.1, 0.15) is 18.1 Å². The number of likely N-dealkylation sites (N-methyl/N-ethyl adjacent to an activating group) is 1. The minimum absolute atomic E-state index is 0.228. The van der Waals surface area contributed by atoms with Crippen LogP contribution in [0.5, 0.6) is 23.0 Å². The van der Waals surface area contributed by atoms with E-state index in [2.05, 4.69) is 31.3 Å². The molecule has 1 aliphatic heterocycles. The molecule has 0 saturated carbocycles. The zero-order valence-corrected chi connectivity index (χ0v) is 20.8. The second-order valence-corrected chi connectivity index (χ2v) is 8.56. The molecule has 3 N–H and O–H groups in total. The lowest BCUT2D eigenvalue weighted by molar-refractivity contribution is 0.174. The van der Waals surface area contributed by atoms with Crippen molar-refractivity contribution in [1.29, 1.82) is 0 Å². The van der Waals surface area contributed by atoms with Gasteiger partial charge in [-0.25, -0.2) is 0 Å². The van der Waals surface area contributed by atoms with E-state index in [1.165, 1.54) is 0 Å². The molecule has 0 radical (unpaired) electrons. The van der Waals surface area contributed by atoms with E-state index in [1.54, 1.807) is 12.1 Å². The molecule has 0 aliphatic carbocycles. The summed E-state index contributed by atoms with van der Waals surface area (Å²) in [6.45, 7) is 6.74. The Kier molecular flexibility index (Phi) is 8.61. The van der Waals surface area contributed by atoms with Crippen molar-refractivity contribution in [2.45, 2.75) is 20.3 Å². The molecule has 0 unspecified atom stereocenters. The first-order valence-corrected chi connectivity index (χ1v) is 12.8. The average Bonchev–Trinajstić information content (AvgIpc) is 3.34. The van der Waals surface area contributed by atoms with Gasteiger partial charge in [0, 0.05) is 6.54 Å². The van der Waals surface area contributed by atoms with Crippen LogP contribution in [0.2, 0.25) is 0 Å². The first-order chi connectivity index (χ1) is 17.1. The van der Waals surface area contributed by atoms with Crippen molar-refractivity contribution >= 4 is 19.7 Å². The maximum Gasteiger partial charge on any atom is 0.391 e. The van der Waals surface area contributed by atoms with E-state index in [9.17, 15) is 9.79 Å². The van der Waals surface area contributed by atoms with Crippen molar-refractivity contribution in [2.24, 2.45) is 0 Å². The molecule has 0 aromatic heterocycles. The predicted octanol–water partition coefficient (Wildman–Crippen LogP) is 5.36. The Hall–Kier alpha value is -3.09. The van der Waals surface area contributed by atoms with Gasteiger partial charge in [-0.15, -0.1) is 0 Å². The molecular formula is C27H30NO6P. The highest BCUT2D eigenvalue weighted by Gasteiger charge is 2.18. The Bertz CT molecular complexity index is 1150. The summed E-state index contributed by atoms with van der Waals surface area (Å²) in [5, 5.41) is 3.25. The van der Waals surface area contributed by atoms with E-state index < -0.39 is 8.60 Å². The highest BCUT2D eigenvalue weighted by molar-refractivity contribution is 7.39. The molecule has 4 rings (SSSR count). The molecule has 3 aromatic rings. The van der Waals surface area contributed by atoms with E-state index in [4.69, 9.17) is 18.7 Å². The number of hydrogen-bond donors (Lipinski definition) is 3. The maximum absolute atomic E-state index is 9.18. The maximum atomic E-state index is 9.18. The lowest BCUT2D eigenvalue weighted by Gasteiger charge is -2.18. The van der Waals surface area contributed by atoms with Crippen LogP contribution in [0.15, 0.2) is 66.7 Å². The van der Waals surface area contributed by atoms with Crippen molar-refractivity contribution in [2.75, 3.05) is 26.5 Å². The summed E-state index contributed by atoms with van der Waals surface area (Å²) >= 11 is 0. The Morgan fingerprint density at radius 3 is 2.11 bits per heavy atom. The van der Waals surface area contributed by atoms with E-state index in [-0.39, 0.29) is 6.79 Å². The van der Waals surface area contributed by atoms with Crippen LogP contribution in [0.1, 0.15) is 37.0 Å². The van der Waals surface area contributed by atoms with Crippen LogP contribution in [0.3, 0.4) is 0 Å². The van der Waals surface area contributed by atoms with Crippen molar-refractivity contribution in [1.82, 2.24) is 5.32 Å². The molecule has 8 heteroatoms. The minimum atomic E-state index is -2.47. The van der Waals surface area contributed by atoms with Gasteiger partial charge in [0.2, 0.25) is 6.79 Å². The predicted molar refractivity (Wildman–Crippen MR) is 138 cm³/mol. The first kappa shape index (κ1) is 25.0. The number of fused-ring (bicyclic) bond motifs is 1. The monoisotopic (exact) mass is 495 g/mol. The molecule has 0 atom stereocenters. The van der Waals surface area contributed by atoms with E-state index >= 15 is 0 Å². The van der Waals surface area contributed by atoms with Crippen LogP contribution in [0.4, 0.5) is 0 Å². The summed E-state index contributed by atoms with van der Waals surface area (Å²) in [4.78, 5) is 18.4. The normalized spacial score (nSPS) is 13.1. The summed E-state index contributed by atoms with van der Waals surface area (Å²) in [5.41, 5.74) is 5.27. The van der Waals surface area contributed by atoms with Gasteiger partial charge in [0.25, 0.3) is 0 Å². The number of hydrogen-bond acceptors (Lipinski definition) is 7. The van der Waals surface area contributed by atoms with Crippen LogP contribution in [0.25, 0.3) is 11.1 Å². The molecular weight excluding hydrogens is 465 g/mol. The zero-order chi connectivity index (χ0) is 24.6. The summed E-state index contributed by atoms with van der Waals surface area (Å²) in [6, 6.07) is 21.4. The van der Waals surface area contributed by atoms with Crippen LogP contribution in [-0.4, -0.2) is 36.3 Å². The zero-order valence-electron chi connectivity index (χ0n) is 19.9. The third kappa shape index (κ3) is 6.32. The SMILES string of the molecule is CCNCCOc1ccc(C(=C(CC)c2ccc3c(c2)OCO3)c2ccc(OP(O)O)cc2)cc1. The van der Waals surface area contributed by atoms with E-state index in [1.807, 2.05) is 42.5 Å². The molecule has 0 fully saturated rings. The number of ether oxygens (including phenoxy) is 3. The van der Waals surface area contributed by atoms with Crippen molar-refractivity contribution < 1.29 is 28.5 Å². The smallest absolute Gasteiger partial charge is 0.391 e. The topological polar surface area (TPSA) is 89.4 Å². The van der Waals surface area contributed by atoms with Crippen molar-refractivity contribution in [3.05, 3.63) is 83.4 Å².